The lowest BCUT2D eigenvalue weighted by Crippen LogP contribution is -2.44. The van der Waals surface area contributed by atoms with Crippen LogP contribution in [0.25, 0.3) is 10.9 Å². The summed E-state index contributed by atoms with van der Waals surface area (Å²) in [5.41, 5.74) is 2.87. The summed E-state index contributed by atoms with van der Waals surface area (Å²) >= 11 is 0. The zero-order valence-corrected chi connectivity index (χ0v) is 19.9. The number of para-hydroxylation sites is 1. The van der Waals surface area contributed by atoms with Gasteiger partial charge < -0.3 is 9.88 Å². The molecule has 1 fully saturated rings. The third kappa shape index (κ3) is 5.83. The molecule has 1 N–H and O–H groups in total. The molecule has 1 saturated heterocycles. The molecule has 0 spiro atoms. The number of carbonyl (C=O) groups is 1. The Labute approximate surface area is 196 Å². The van der Waals surface area contributed by atoms with Gasteiger partial charge in [0.2, 0.25) is 5.91 Å². The Kier molecular flexibility index (Phi) is 7.81. The summed E-state index contributed by atoms with van der Waals surface area (Å²) in [6.07, 6.45) is 8.08. The van der Waals surface area contributed by atoms with E-state index in [0.29, 0.717) is 37.0 Å². The minimum atomic E-state index is -0.190. The molecule has 4 rings (SSSR count). The van der Waals surface area contributed by atoms with Crippen molar-refractivity contribution in [2.75, 3.05) is 13.1 Å². The van der Waals surface area contributed by atoms with Crippen molar-refractivity contribution in [2.24, 2.45) is 0 Å². The van der Waals surface area contributed by atoms with Crippen LogP contribution < -0.4 is 5.32 Å². The van der Waals surface area contributed by atoms with Crippen LogP contribution in [0.1, 0.15) is 57.1 Å². The molecule has 5 heteroatoms. The number of carbonyl (C=O) groups excluding carboxylic acids is 1. The summed E-state index contributed by atoms with van der Waals surface area (Å²) in [5, 5.41) is 4.24. The van der Waals surface area contributed by atoms with E-state index in [9.17, 15) is 9.18 Å². The first-order chi connectivity index (χ1) is 16.0. The van der Waals surface area contributed by atoms with Crippen molar-refractivity contribution in [3.05, 3.63) is 71.7 Å². The fraction of sp³-hybridized carbons (Fsp3) is 0.464. The van der Waals surface area contributed by atoms with Crippen LogP contribution in [0.4, 0.5) is 4.39 Å². The van der Waals surface area contributed by atoms with Gasteiger partial charge in [-0.05, 0) is 57.2 Å². The first kappa shape index (κ1) is 23.5. The Morgan fingerprint density at radius 1 is 1.03 bits per heavy atom. The van der Waals surface area contributed by atoms with E-state index in [0.717, 1.165) is 36.0 Å². The van der Waals surface area contributed by atoms with Gasteiger partial charge in [0, 0.05) is 54.3 Å². The highest BCUT2D eigenvalue weighted by atomic mass is 19.1. The van der Waals surface area contributed by atoms with E-state index in [1.807, 2.05) is 24.3 Å². The molecule has 1 aromatic heterocycles. The van der Waals surface area contributed by atoms with Crippen LogP contribution in [0.3, 0.4) is 0 Å². The molecule has 1 amide bonds. The van der Waals surface area contributed by atoms with E-state index in [1.54, 1.807) is 6.07 Å². The summed E-state index contributed by atoms with van der Waals surface area (Å²) < 4.78 is 16.3. The Morgan fingerprint density at radius 3 is 2.55 bits per heavy atom. The number of piperidine rings is 1. The lowest BCUT2D eigenvalue weighted by molar-refractivity contribution is -0.121. The summed E-state index contributed by atoms with van der Waals surface area (Å²) in [7, 11) is 0. The van der Waals surface area contributed by atoms with Gasteiger partial charge in [-0.1, -0.05) is 42.8 Å². The number of fused-ring (bicyclic) bond motifs is 1. The summed E-state index contributed by atoms with van der Waals surface area (Å²) in [6.45, 7) is 6.89. The number of hydrogen-bond acceptors (Lipinski definition) is 2. The second-order valence-electron chi connectivity index (χ2n) is 9.46. The number of nitrogens with zero attached hydrogens (tertiary/aromatic N) is 2. The number of rotatable bonds is 9. The van der Waals surface area contributed by atoms with Crippen molar-refractivity contribution >= 4 is 16.8 Å². The maximum atomic E-state index is 14.2. The number of nitrogens with one attached hydrogen (secondary N) is 1. The van der Waals surface area contributed by atoms with E-state index in [2.05, 4.69) is 47.0 Å². The Bertz CT molecular complexity index is 1070. The van der Waals surface area contributed by atoms with E-state index in [-0.39, 0.29) is 11.7 Å². The number of amides is 1. The first-order valence-electron chi connectivity index (χ1n) is 12.4. The third-order valence-electron chi connectivity index (χ3n) is 7.08. The Balaban J connectivity index is 1.31. The smallest absolute Gasteiger partial charge is 0.220 e. The molecule has 2 atom stereocenters. The van der Waals surface area contributed by atoms with Gasteiger partial charge >= 0.3 is 0 Å². The average molecular weight is 450 g/mol. The van der Waals surface area contributed by atoms with Gasteiger partial charge in [-0.15, -0.1) is 0 Å². The monoisotopic (exact) mass is 449 g/mol. The SMILES string of the molecule is CC1CCCC(C)N1CCCNC(=O)CCc1cn(Cc2ccccc2F)c2ccccc12. The maximum Gasteiger partial charge on any atom is 0.220 e. The molecule has 0 aliphatic carbocycles. The zero-order chi connectivity index (χ0) is 23.2. The number of hydrogen-bond donors (Lipinski definition) is 1. The van der Waals surface area contributed by atoms with Crippen molar-refractivity contribution in [1.82, 2.24) is 14.8 Å². The van der Waals surface area contributed by atoms with E-state index >= 15 is 0 Å². The quantitative estimate of drug-likeness (QED) is 0.436. The lowest BCUT2D eigenvalue weighted by Gasteiger charge is -2.39. The van der Waals surface area contributed by atoms with Gasteiger partial charge in [0.1, 0.15) is 5.82 Å². The standard InChI is InChI=1S/C28H36FN3O/c1-21-9-7-10-22(2)32(21)18-8-17-30-28(33)16-15-23-19-31(27-14-6-4-12-25(23)27)20-24-11-3-5-13-26(24)29/h3-6,11-14,19,21-22H,7-10,15-18,20H2,1-2H3,(H,30,33). The second kappa shape index (κ2) is 11.0. The largest absolute Gasteiger partial charge is 0.356 e. The normalized spacial score (nSPS) is 19.1. The number of aromatic nitrogens is 1. The van der Waals surface area contributed by atoms with Crippen LogP contribution in [-0.4, -0.2) is 40.5 Å². The highest BCUT2D eigenvalue weighted by Gasteiger charge is 2.23. The maximum absolute atomic E-state index is 14.2. The number of benzene rings is 2. The van der Waals surface area contributed by atoms with Gasteiger partial charge in [-0.2, -0.15) is 0 Å². The van der Waals surface area contributed by atoms with Crippen molar-refractivity contribution in [3.8, 4) is 0 Å². The minimum Gasteiger partial charge on any atom is -0.356 e. The van der Waals surface area contributed by atoms with Crippen molar-refractivity contribution < 1.29 is 9.18 Å². The van der Waals surface area contributed by atoms with Gasteiger partial charge in [-0.25, -0.2) is 4.39 Å². The molecule has 0 saturated carbocycles. The molecule has 176 valence electrons. The third-order valence-corrected chi connectivity index (χ3v) is 7.08. The molecular formula is C28H36FN3O. The molecule has 2 aromatic carbocycles. The molecular weight excluding hydrogens is 413 g/mol. The van der Waals surface area contributed by atoms with Crippen LogP contribution in [0.5, 0.6) is 0 Å². The molecule has 3 aromatic rings. The predicted molar refractivity (Wildman–Crippen MR) is 133 cm³/mol. The number of aryl methyl sites for hydroxylation is 1. The summed E-state index contributed by atoms with van der Waals surface area (Å²) in [4.78, 5) is 15.1. The lowest BCUT2D eigenvalue weighted by atomic mass is 9.97. The van der Waals surface area contributed by atoms with E-state index in [1.165, 1.54) is 25.3 Å². The molecule has 1 aliphatic rings. The van der Waals surface area contributed by atoms with Gasteiger partial charge in [0.15, 0.2) is 0 Å². The van der Waals surface area contributed by atoms with Gasteiger partial charge in [0.25, 0.3) is 0 Å². The van der Waals surface area contributed by atoms with Crippen molar-refractivity contribution in [1.29, 1.82) is 0 Å². The average Bonchev–Trinajstić information content (AvgIpc) is 3.16. The predicted octanol–water partition coefficient (Wildman–Crippen LogP) is 5.53. The minimum absolute atomic E-state index is 0.0978. The second-order valence-corrected chi connectivity index (χ2v) is 9.46. The number of halogens is 1. The fourth-order valence-corrected chi connectivity index (χ4v) is 5.20. The van der Waals surface area contributed by atoms with Crippen LogP contribution in [0, 0.1) is 5.82 Å². The highest BCUT2D eigenvalue weighted by molar-refractivity contribution is 5.85. The molecule has 0 radical (unpaired) electrons. The molecule has 0 bridgehead atoms. The van der Waals surface area contributed by atoms with Crippen LogP contribution in [0.15, 0.2) is 54.7 Å². The van der Waals surface area contributed by atoms with Crippen LogP contribution in [-0.2, 0) is 17.8 Å². The molecule has 1 aliphatic heterocycles. The van der Waals surface area contributed by atoms with Gasteiger partial charge in [-0.3, -0.25) is 9.69 Å². The molecule has 4 nitrogen and oxygen atoms in total. The zero-order valence-electron chi connectivity index (χ0n) is 19.9. The van der Waals surface area contributed by atoms with Crippen molar-refractivity contribution in [2.45, 2.75) is 71.0 Å². The van der Waals surface area contributed by atoms with Gasteiger partial charge in [0.05, 0.1) is 6.54 Å². The Morgan fingerprint density at radius 2 is 1.76 bits per heavy atom. The van der Waals surface area contributed by atoms with Crippen molar-refractivity contribution in [3.63, 3.8) is 0 Å². The Hall–Kier alpha value is -2.66. The molecule has 33 heavy (non-hydrogen) atoms. The van der Waals surface area contributed by atoms with E-state index in [4.69, 9.17) is 0 Å². The van der Waals surface area contributed by atoms with Crippen LogP contribution in [0.2, 0.25) is 0 Å². The topological polar surface area (TPSA) is 37.3 Å². The highest BCUT2D eigenvalue weighted by Crippen LogP contribution is 2.24. The fourth-order valence-electron chi connectivity index (χ4n) is 5.20. The first-order valence-corrected chi connectivity index (χ1v) is 12.4. The molecule has 2 unspecified atom stereocenters. The molecule has 2 heterocycles. The summed E-state index contributed by atoms with van der Waals surface area (Å²) in [5.74, 6) is -0.0924. The van der Waals surface area contributed by atoms with Crippen LogP contribution >= 0.6 is 0 Å². The van der Waals surface area contributed by atoms with E-state index < -0.39 is 0 Å². The number of likely N-dealkylation sites (tertiary alicyclic amines) is 1. The summed E-state index contributed by atoms with van der Waals surface area (Å²) in [6, 6.07) is 16.3.